The third kappa shape index (κ3) is 2.46. The Morgan fingerprint density at radius 1 is 1.54 bits per heavy atom. The van der Waals surface area contributed by atoms with Gasteiger partial charge in [0.15, 0.2) is 11.6 Å². The van der Waals surface area contributed by atoms with Gasteiger partial charge in [-0.15, -0.1) is 0 Å². The third-order valence-corrected chi connectivity index (χ3v) is 1.48. The molecule has 0 aliphatic heterocycles. The topological polar surface area (TPSA) is 32.3 Å². The van der Waals surface area contributed by atoms with Gasteiger partial charge < -0.3 is 10.4 Å². The molecular formula is C10H10FNO. The number of phenolic OH excluding ortho intramolecular Hbond substituents is 1. The molecular weight excluding hydrogens is 169 g/mol. The molecule has 13 heavy (non-hydrogen) atoms. The number of aromatic hydroxyl groups is 1. The minimum Gasteiger partial charge on any atom is -0.504 e. The average molecular weight is 179 g/mol. The molecule has 0 radical (unpaired) electrons. The van der Waals surface area contributed by atoms with E-state index in [1.54, 1.807) is 13.1 Å². The maximum Gasteiger partial charge on any atom is 0.167 e. The highest BCUT2D eigenvalue weighted by Gasteiger charge is 2.02. The number of phenols is 1. The molecule has 0 unspecified atom stereocenters. The molecule has 0 saturated heterocycles. The van der Waals surface area contributed by atoms with Gasteiger partial charge in [-0.1, -0.05) is 17.9 Å². The summed E-state index contributed by atoms with van der Waals surface area (Å²) in [5.41, 5.74) is 0.315. The highest BCUT2D eigenvalue weighted by molar-refractivity contribution is 5.45. The van der Waals surface area contributed by atoms with Gasteiger partial charge in [-0.25, -0.2) is 4.39 Å². The third-order valence-electron chi connectivity index (χ3n) is 1.48. The van der Waals surface area contributed by atoms with Crippen molar-refractivity contribution in [1.29, 1.82) is 0 Å². The van der Waals surface area contributed by atoms with E-state index in [0.717, 1.165) is 0 Å². The standard InChI is InChI=1S/C10H10FNO/c1-12-7-3-5-8-4-2-6-9(11)10(8)13/h2,4,6,12-13H,7H2,1H3. The summed E-state index contributed by atoms with van der Waals surface area (Å²) in [6, 6.07) is 4.28. The first-order valence-electron chi connectivity index (χ1n) is 3.86. The lowest BCUT2D eigenvalue weighted by molar-refractivity contribution is 0.431. The number of hydrogen-bond acceptors (Lipinski definition) is 2. The highest BCUT2D eigenvalue weighted by atomic mass is 19.1. The Labute approximate surface area is 76.4 Å². The zero-order chi connectivity index (χ0) is 9.68. The van der Waals surface area contributed by atoms with Crippen molar-refractivity contribution >= 4 is 0 Å². The summed E-state index contributed by atoms with van der Waals surface area (Å²) in [5.74, 6) is 4.36. The molecule has 0 spiro atoms. The molecule has 2 nitrogen and oxygen atoms in total. The van der Waals surface area contributed by atoms with E-state index in [4.69, 9.17) is 0 Å². The maximum absolute atomic E-state index is 12.8. The zero-order valence-electron chi connectivity index (χ0n) is 7.26. The maximum atomic E-state index is 12.8. The van der Waals surface area contributed by atoms with Crippen LogP contribution in [0.3, 0.4) is 0 Å². The Morgan fingerprint density at radius 2 is 2.31 bits per heavy atom. The Morgan fingerprint density at radius 3 is 3.00 bits per heavy atom. The van der Waals surface area contributed by atoms with Gasteiger partial charge in [0.2, 0.25) is 0 Å². The summed E-state index contributed by atoms with van der Waals surface area (Å²) in [7, 11) is 1.76. The molecule has 1 aromatic rings. The summed E-state index contributed by atoms with van der Waals surface area (Å²) in [6.45, 7) is 0.510. The Hall–Kier alpha value is -1.53. The zero-order valence-corrected chi connectivity index (χ0v) is 7.26. The fraction of sp³-hybridized carbons (Fsp3) is 0.200. The molecule has 68 valence electrons. The minimum absolute atomic E-state index is 0.315. The molecule has 3 heteroatoms. The van der Waals surface area contributed by atoms with Crippen LogP contribution in [0.4, 0.5) is 4.39 Å². The van der Waals surface area contributed by atoms with Crippen molar-refractivity contribution in [3.63, 3.8) is 0 Å². The van der Waals surface area contributed by atoms with E-state index in [1.807, 2.05) is 0 Å². The molecule has 0 bridgehead atoms. The minimum atomic E-state index is -0.642. The van der Waals surface area contributed by atoms with Crippen LogP contribution in [0.25, 0.3) is 0 Å². The van der Waals surface area contributed by atoms with Crippen molar-refractivity contribution in [2.75, 3.05) is 13.6 Å². The number of benzene rings is 1. The van der Waals surface area contributed by atoms with Crippen LogP contribution in [0.1, 0.15) is 5.56 Å². The number of nitrogens with one attached hydrogen (secondary N) is 1. The lowest BCUT2D eigenvalue weighted by atomic mass is 10.2. The van der Waals surface area contributed by atoms with E-state index in [0.29, 0.717) is 12.1 Å². The smallest absolute Gasteiger partial charge is 0.167 e. The number of halogens is 1. The van der Waals surface area contributed by atoms with Crippen molar-refractivity contribution in [3.05, 3.63) is 29.6 Å². The fourth-order valence-electron chi connectivity index (χ4n) is 0.844. The van der Waals surface area contributed by atoms with E-state index >= 15 is 0 Å². The van der Waals surface area contributed by atoms with Crippen LogP contribution in [0.5, 0.6) is 5.75 Å². The van der Waals surface area contributed by atoms with Gasteiger partial charge in [-0.05, 0) is 19.2 Å². The van der Waals surface area contributed by atoms with Crippen molar-refractivity contribution in [1.82, 2.24) is 5.32 Å². The normalized spacial score (nSPS) is 9.08. The van der Waals surface area contributed by atoms with Crippen molar-refractivity contribution in [3.8, 4) is 17.6 Å². The molecule has 0 aliphatic rings. The van der Waals surface area contributed by atoms with E-state index < -0.39 is 5.82 Å². The molecule has 1 rings (SSSR count). The monoisotopic (exact) mass is 179 g/mol. The number of hydrogen-bond donors (Lipinski definition) is 2. The van der Waals surface area contributed by atoms with Crippen LogP contribution in [0.2, 0.25) is 0 Å². The number of rotatable bonds is 1. The molecule has 1 aromatic carbocycles. The first kappa shape index (κ1) is 9.56. The van der Waals surface area contributed by atoms with Crippen LogP contribution < -0.4 is 5.32 Å². The summed E-state index contributed by atoms with van der Waals surface area (Å²) in [6.07, 6.45) is 0. The number of para-hydroxylation sites is 1. The first-order valence-corrected chi connectivity index (χ1v) is 3.86. The summed E-state index contributed by atoms with van der Waals surface area (Å²) in [4.78, 5) is 0. The van der Waals surface area contributed by atoms with Gasteiger partial charge in [-0.2, -0.15) is 0 Å². The first-order chi connectivity index (χ1) is 6.25. The van der Waals surface area contributed by atoms with E-state index in [9.17, 15) is 9.50 Å². The molecule has 0 heterocycles. The predicted octanol–water partition coefficient (Wildman–Crippen LogP) is 1.10. The van der Waals surface area contributed by atoms with Gasteiger partial charge in [-0.3, -0.25) is 0 Å². The lowest BCUT2D eigenvalue weighted by Crippen LogP contribution is -2.04. The second kappa shape index (κ2) is 4.48. The fourth-order valence-corrected chi connectivity index (χ4v) is 0.844. The van der Waals surface area contributed by atoms with Crippen LogP contribution in [-0.4, -0.2) is 18.7 Å². The van der Waals surface area contributed by atoms with E-state index in [2.05, 4.69) is 17.2 Å². The van der Waals surface area contributed by atoms with Gasteiger partial charge >= 0.3 is 0 Å². The Balaban J connectivity index is 2.91. The molecule has 2 N–H and O–H groups in total. The van der Waals surface area contributed by atoms with Crippen molar-refractivity contribution in [2.24, 2.45) is 0 Å². The van der Waals surface area contributed by atoms with Gasteiger partial charge in [0.05, 0.1) is 12.1 Å². The predicted molar refractivity (Wildman–Crippen MR) is 48.9 cm³/mol. The van der Waals surface area contributed by atoms with Gasteiger partial charge in [0.25, 0.3) is 0 Å². The van der Waals surface area contributed by atoms with Crippen molar-refractivity contribution in [2.45, 2.75) is 0 Å². The molecule has 0 atom stereocenters. The Kier molecular flexibility index (Phi) is 3.30. The highest BCUT2D eigenvalue weighted by Crippen LogP contribution is 2.18. The molecule has 0 aromatic heterocycles. The Bertz CT molecular complexity index is 352. The van der Waals surface area contributed by atoms with Crippen LogP contribution >= 0.6 is 0 Å². The van der Waals surface area contributed by atoms with Crippen molar-refractivity contribution < 1.29 is 9.50 Å². The van der Waals surface area contributed by atoms with Crippen LogP contribution in [0, 0.1) is 17.7 Å². The SMILES string of the molecule is CNCC#Cc1cccc(F)c1O. The summed E-state index contributed by atoms with van der Waals surface area (Å²) in [5, 5.41) is 12.0. The second-order valence-electron chi connectivity index (χ2n) is 2.47. The summed E-state index contributed by atoms with van der Waals surface area (Å²) < 4.78 is 12.8. The molecule has 0 aliphatic carbocycles. The largest absolute Gasteiger partial charge is 0.504 e. The molecule has 0 amide bonds. The average Bonchev–Trinajstić information content (AvgIpc) is 2.13. The van der Waals surface area contributed by atoms with Gasteiger partial charge in [0, 0.05) is 0 Å². The quantitative estimate of drug-likeness (QED) is 0.633. The van der Waals surface area contributed by atoms with Crippen LogP contribution in [-0.2, 0) is 0 Å². The lowest BCUT2D eigenvalue weighted by Gasteiger charge is -1.96. The van der Waals surface area contributed by atoms with Crippen LogP contribution in [0.15, 0.2) is 18.2 Å². The van der Waals surface area contributed by atoms with E-state index in [1.165, 1.54) is 12.1 Å². The second-order valence-corrected chi connectivity index (χ2v) is 2.47. The summed E-state index contributed by atoms with van der Waals surface area (Å²) >= 11 is 0. The molecule has 0 fully saturated rings. The molecule has 0 saturated carbocycles. The van der Waals surface area contributed by atoms with E-state index in [-0.39, 0.29) is 5.75 Å². The van der Waals surface area contributed by atoms with Gasteiger partial charge in [0.1, 0.15) is 0 Å².